The van der Waals surface area contributed by atoms with E-state index in [0.717, 1.165) is 0 Å². The van der Waals surface area contributed by atoms with Crippen molar-refractivity contribution in [1.29, 1.82) is 5.26 Å². The van der Waals surface area contributed by atoms with Gasteiger partial charge in [-0.05, 0) is 54.6 Å². The molecule has 0 aliphatic carbocycles. The van der Waals surface area contributed by atoms with E-state index in [2.05, 4.69) is 5.32 Å². The van der Waals surface area contributed by atoms with Gasteiger partial charge in [-0.15, -0.1) is 0 Å². The van der Waals surface area contributed by atoms with Crippen LogP contribution < -0.4 is 5.32 Å². The van der Waals surface area contributed by atoms with E-state index in [1.807, 2.05) is 6.07 Å². The number of hydrogen-bond donors (Lipinski definition) is 2. The molecule has 0 aliphatic rings. The highest BCUT2D eigenvalue weighted by atomic mass is 35.5. The molecule has 2 aromatic carbocycles. The lowest BCUT2D eigenvalue weighted by Gasteiger charge is -2.04. The standard InChI is InChI=1S/C21H12Cl2N2O4/c22-14-3-7-18(23)17(10-14)19-8-6-16(29-19)9-13(11-24)20(26)25-15-4-1-12(2-5-15)21(27)28/h1-10H,(H,25,26)(H,27,28)/b13-9+. The summed E-state index contributed by atoms with van der Waals surface area (Å²) >= 11 is 12.1. The number of carbonyl (C=O) groups is 2. The number of halogens is 2. The second-order valence-corrected chi connectivity index (χ2v) is 6.68. The molecule has 0 spiro atoms. The minimum atomic E-state index is -1.08. The van der Waals surface area contributed by atoms with Gasteiger partial charge in [0.2, 0.25) is 0 Å². The Morgan fingerprint density at radius 1 is 1.07 bits per heavy atom. The number of nitrogens with zero attached hydrogens (tertiary/aromatic N) is 1. The van der Waals surface area contributed by atoms with Crippen molar-refractivity contribution in [2.45, 2.75) is 0 Å². The number of amides is 1. The van der Waals surface area contributed by atoms with Crippen LogP contribution in [0.4, 0.5) is 5.69 Å². The van der Waals surface area contributed by atoms with Crippen LogP contribution in [0, 0.1) is 11.3 Å². The lowest BCUT2D eigenvalue weighted by atomic mass is 10.2. The summed E-state index contributed by atoms with van der Waals surface area (Å²) in [6.45, 7) is 0. The number of carboxylic acids is 1. The average Bonchev–Trinajstić information content (AvgIpc) is 3.16. The zero-order chi connectivity index (χ0) is 21.0. The molecule has 144 valence electrons. The Kier molecular flexibility index (Phi) is 6.03. The second kappa shape index (κ2) is 8.65. The molecule has 6 nitrogen and oxygen atoms in total. The van der Waals surface area contributed by atoms with Gasteiger partial charge in [0, 0.05) is 22.3 Å². The van der Waals surface area contributed by atoms with Gasteiger partial charge in [0.25, 0.3) is 5.91 Å². The van der Waals surface area contributed by atoms with Gasteiger partial charge in [-0.2, -0.15) is 5.26 Å². The number of carbonyl (C=O) groups excluding carboxylic acids is 1. The number of rotatable bonds is 5. The largest absolute Gasteiger partial charge is 0.478 e. The van der Waals surface area contributed by atoms with E-state index in [9.17, 15) is 14.9 Å². The molecule has 0 unspecified atom stereocenters. The first-order chi connectivity index (χ1) is 13.9. The molecular formula is C21H12Cl2N2O4. The van der Waals surface area contributed by atoms with E-state index >= 15 is 0 Å². The van der Waals surface area contributed by atoms with Gasteiger partial charge in [-0.3, -0.25) is 4.79 Å². The van der Waals surface area contributed by atoms with Crippen molar-refractivity contribution in [3.05, 3.63) is 81.5 Å². The van der Waals surface area contributed by atoms with Crippen LogP contribution in [0.15, 0.2) is 64.6 Å². The molecular weight excluding hydrogens is 415 g/mol. The molecule has 0 saturated carbocycles. The molecule has 3 rings (SSSR count). The van der Waals surface area contributed by atoms with Crippen molar-refractivity contribution in [2.24, 2.45) is 0 Å². The fourth-order valence-corrected chi connectivity index (χ4v) is 2.83. The van der Waals surface area contributed by atoms with Gasteiger partial charge in [-0.1, -0.05) is 23.2 Å². The third-order valence-electron chi connectivity index (χ3n) is 3.86. The molecule has 1 aromatic heterocycles. The first-order valence-electron chi connectivity index (χ1n) is 8.19. The molecule has 0 saturated heterocycles. The molecule has 1 amide bonds. The van der Waals surface area contributed by atoms with Crippen LogP contribution in [0.3, 0.4) is 0 Å². The number of furan rings is 1. The Balaban J connectivity index is 1.80. The summed E-state index contributed by atoms with van der Waals surface area (Å²) in [6, 6.07) is 15.6. The van der Waals surface area contributed by atoms with Crippen molar-refractivity contribution in [1.82, 2.24) is 0 Å². The van der Waals surface area contributed by atoms with Gasteiger partial charge >= 0.3 is 5.97 Å². The van der Waals surface area contributed by atoms with Crippen molar-refractivity contribution in [3.63, 3.8) is 0 Å². The molecule has 0 fully saturated rings. The van der Waals surface area contributed by atoms with Crippen molar-refractivity contribution >= 4 is 46.8 Å². The van der Waals surface area contributed by atoms with E-state index in [1.165, 1.54) is 30.3 Å². The minimum absolute atomic E-state index is 0.0850. The Morgan fingerprint density at radius 2 is 1.79 bits per heavy atom. The zero-order valence-electron chi connectivity index (χ0n) is 14.6. The Morgan fingerprint density at radius 3 is 2.45 bits per heavy atom. The number of nitrogens with one attached hydrogen (secondary N) is 1. The summed E-state index contributed by atoms with van der Waals surface area (Å²) in [5.41, 5.74) is 0.833. The van der Waals surface area contributed by atoms with Crippen LogP contribution in [0.5, 0.6) is 0 Å². The van der Waals surface area contributed by atoms with Crippen LogP contribution in [0.1, 0.15) is 16.1 Å². The maximum absolute atomic E-state index is 12.3. The summed E-state index contributed by atoms with van der Waals surface area (Å²) in [5.74, 6) is -1.02. The van der Waals surface area contributed by atoms with Gasteiger partial charge in [0.15, 0.2) is 0 Å². The molecule has 0 bridgehead atoms. The maximum atomic E-state index is 12.3. The highest BCUT2D eigenvalue weighted by Crippen LogP contribution is 2.32. The van der Waals surface area contributed by atoms with Crippen LogP contribution >= 0.6 is 23.2 Å². The fraction of sp³-hybridized carbons (Fsp3) is 0. The lowest BCUT2D eigenvalue weighted by Crippen LogP contribution is -2.13. The quantitative estimate of drug-likeness (QED) is 0.414. The van der Waals surface area contributed by atoms with Crippen LogP contribution in [-0.2, 0) is 4.79 Å². The minimum Gasteiger partial charge on any atom is -0.478 e. The predicted molar refractivity (Wildman–Crippen MR) is 110 cm³/mol. The molecule has 0 radical (unpaired) electrons. The molecule has 2 N–H and O–H groups in total. The number of hydrogen-bond acceptors (Lipinski definition) is 4. The fourth-order valence-electron chi connectivity index (χ4n) is 2.45. The van der Waals surface area contributed by atoms with E-state index in [4.69, 9.17) is 32.7 Å². The molecule has 0 atom stereocenters. The second-order valence-electron chi connectivity index (χ2n) is 5.83. The smallest absolute Gasteiger partial charge is 0.335 e. The van der Waals surface area contributed by atoms with E-state index in [0.29, 0.717) is 27.1 Å². The maximum Gasteiger partial charge on any atom is 0.335 e. The third kappa shape index (κ3) is 4.85. The number of anilines is 1. The number of carboxylic acid groups (broad SMARTS) is 1. The van der Waals surface area contributed by atoms with Crippen LogP contribution in [0.25, 0.3) is 17.4 Å². The number of nitriles is 1. The summed E-state index contributed by atoms with van der Waals surface area (Å²) in [6.07, 6.45) is 1.29. The highest BCUT2D eigenvalue weighted by molar-refractivity contribution is 6.35. The van der Waals surface area contributed by atoms with Crippen LogP contribution in [0.2, 0.25) is 10.0 Å². The Hall–Kier alpha value is -3.53. The van der Waals surface area contributed by atoms with Gasteiger partial charge in [0.1, 0.15) is 23.2 Å². The van der Waals surface area contributed by atoms with Crippen molar-refractivity contribution in [3.8, 4) is 17.4 Å². The van der Waals surface area contributed by atoms with Crippen molar-refractivity contribution in [2.75, 3.05) is 5.32 Å². The van der Waals surface area contributed by atoms with E-state index < -0.39 is 11.9 Å². The SMILES string of the molecule is N#C/C(=C\c1ccc(-c2cc(Cl)ccc2Cl)o1)C(=O)Nc1ccc(C(=O)O)cc1. The first kappa shape index (κ1) is 20.2. The molecule has 8 heteroatoms. The normalized spacial score (nSPS) is 11.0. The van der Waals surface area contributed by atoms with E-state index in [1.54, 1.807) is 30.3 Å². The lowest BCUT2D eigenvalue weighted by molar-refractivity contribution is -0.112. The molecule has 3 aromatic rings. The third-order valence-corrected chi connectivity index (χ3v) is 4.43. The molecule has 0 aliphatic heterocycles. The topological polar surface area (TPSA) is 103 Å². The monoisotopic (exact) mass is 426 g/mol. The Labute approximate surface area is 175 Å². The van der Waals surface area contributed by atoms with Gasteiger partial charge < -0.3 is 14.8 Å². The summed E-state index contributed by atoms with van der Waals surface area (Å²) in [5, 5.41) is 21.7. The van der Waals surface area contributed by atoms with Crippen molar-refractivity contribution < 1.29 is 19.1 Å². The number of aromatic carboxylic acids is 1. The van der Waals surface area contributed by atoms with Gasteiger partial charge in [0.05, 0.1) is 10.6 Å². The Bertz CT molecular complexity index is 1160. The zero-order valence-corrected chi connectivity index (χ0v) is 16.2. The first-order valence-corrected chi connectivity index (χ1v) is 8.95. The molecule has 29 heavy (non-hydrogen) atoms. The summed E-state index contributed by atoms with van der Waals surface area (Å²) < 4.78 is 5.66. The molecule has 1 heterocycles. The predicted octanol–water partition coefficient (Wildman–Crippen LogP) is 5.50. The number of benzene rings is 2. The van der Waals surface area contributed by atoms with Crippen LogP contribution in [-0.4, -0.2) is 17.0 Å². The summed E-state index contributed by atoms with van der Waals surface area (Å²) in [7, 11) is 0. The highest BCUT2D eigenvalue weighted by Gasteiger charge is 2.13. The summed E-state index contributed by atoms with van der Waals surface area (Å²) in [4.78, 5) is 23.2. The average molecular weight is 427 g/mol. The van der Waals surface area contributed by atoms with E-state index in [-0.39, 0.29) is 16.9 Å². The van der Waals surface area contributed by atoms with Gasteiger partial charge in [-0.25, -0.2) is 4.79 Å².